The molecule has 0 aromatic heterocycles. The van der Waals surface area contributed by atoms with Gasteiger partial charge in [-0.05, 0) is 38.6 Å². The largest absolute Gasteiger partial charge is 0.374 e. The maximum Gasteiger partial charge on any atom is 0.0827 e. The molecule has 2 saturated heterocycles. The highest BCUT2D eigenvalue weighted by molar-refractivity contribution is 4.86. The Hall–Kier alpha value is -0.120. The fourth-order valence-corrected chi connectivity index (χ4v) is 3.65. The zero-order valence-corrected chi connectivity index (χ0v) is 11.7. The number of nitrogens with one attached hydrogen (secondary N) is 1. The molecule has 0 aromatic carbocycles. The van der Waals surface area contributed by atoms with E-state index in [1.54, 1.807) is 0 Å². The molecule has 18 heavy (non-hydrogen) atoms. The maximum atomic E-state index is 5.98. The van der Waals surface area contributed by atoms with Gasteiger partial charge in [0.2, 0.25) is 0 Å². The van der Waals surface area contributed by atoms with Gasteiger partial charge in [0.25, 0.3) is 0 Å². The number of rotatable bonds is 5. The normalized spacial score (nSPS) is 35.2. The molecule has 0 aromatic rings. The SMILES string of the molecule is CC(CC1CCC1)NCC1CN2CCCC2CO1. The quantitative estimate of drug-likeness (QED) is 0.810. The standard InChI is InChI=1S/C15H28N2O/c1-12(8-13-4-2-5-13)16-9-15-10-17-7-3-6-14(17)11-18-15/h12-16H,2-11H2,1H3. The Labute approximate surface area is 111 Å². The van der Waals surface area contributed by atoms with Crippen molar-refractivity contribution in [1.82, 2.24) is 10.2 Å². The third-order valence-electron chi connectivity index (χ3n) is 5.07. The van der Waals surface area contributed by atoms with Crippen molar-refractivity contribution in [2.45, 2.75) is 63.6 Å². The van der Waals surface area contributed by atoms with Crippen molar-refractivity contribution in [2.24, 2.45) is 5.92 Å². The molecule has 3 nitrogen and oxygen atoms in total. The van der Waals surface area contributed by atoms with Gasteiger partial charge in [-0.1, -0.05) is 19.3 Å². The molecule has 2 heterocycles. The minimum absolute atomic E-state index is 0.420. The van der Waals surface area contributed by atoms with E-state index in [-0.39, 0.29) is 0 Å². The van der Waals surface area contributed by atoms with Crippen molar-refractivity contribution in [3.8, 4) is 0 Å². The zero-order valence-electron chi connectivity index (χ0n) is 11.7. The van der Waals surface area contributed by atoms with Crippen molar-refractivity contribution in [3.63, 3.8) is 0 Å². The molecular formula is C15H28N2O. The van der Waals surface area contributed by atoms with E-state index >= 15 is 0 Å². The summed E-state index contributed by atoms with van der Waals surface area (Å²) in [6, 6.07) is 1.39. The van der Waals surface area contributed by atoms with Crippen LogP contribution < -0.4 is 5.32 Å². The number of nitrogens with zero attached hydrogens (tertiary/aromatic N) is 1. The maximum absolute atomic E-state index is 5.98. The molecule has 3 aliphatic rings. The van der Waals surface area contributed by atoms with Gasteiger partial charge in [0, 0.05) is 25.2 Å². The summed E-state index contributed by atoms with van der Waals surface area (Å²) in [4.78, 5) is 2.63. The molecule has 3 heteroatoms. The van der Waals surface area contributed by atoms with Crippen LogP contribution in [0, 0.1) is 5.92 Å². The molecule has 3 fully saturated rings. The number of ether oxygens (including phenoxy) is 1. The lowest BCUT2D eigenvalue weighted by Crippen LogP contribution is -2.50. The van der Waals surface area contributed by atoms with E-state index in [1.807, 2.05) is 0 Å². The summed E-state index contributed by atoms with van der Waals surface area (Å²) in [6.45, 7) is 6.77. The van der Waals surface area contributed by atoms with Crippen LogP contribution in [0.25, 0.3) is 0 Å². The minimum Gasteiger partial charge on any atom is -0.374 e. The lowest BCUT2D eigenvalue weighted by Gasteiger charge is -2.36. The second-order valence-corrected chi connectivity index (χ2v) is 6.59. The summed E-state index contributed by atoms with van der Waals surface area (Å²) in [5.74, 6) is 1.00. The number of morpholine rings is 1. The zero-order chi connectivity index (χ0) is 12.4. The highest BCUT2D eigenvalue weighted by Crippen LogP contribution is 2.30. The first-order valence-electron chi connectivity index (χ1n) is 7.90. The molecular weight excluding hydrogens is 224 g/mol. The highest BCUT2D eigenvalue weighted by Gasteiger charge is 2.32. The third-order valence-corrected chi connectivity index (χ3v) is 5.07. The van der Waals surface area contributed by atoms with Crippen LogP contribution in [0.3, 0.4) is 0 Å². The average Bonchev–Trinajstić information content (AvgIpc) is 2.78. The molecule has 1 saturated carbocycles. The Morgan fingerprint density at radius 2 is 2.17 bits per heavy atom. The Morgan fingerprint density at radius 3 is 2.94 bits per heavy atom. The summed E-state index contributed by atoms with van der Waals surface area (Å²) >= 11 is 0. The predicted molar refractivity (Wildman–Crippen MR) is 73.8 cm³/mol. The van der Waals surface area contributed by atoms with Crippen LogP contribution in [0.2, 0.25) is 0 Å². The molecule has 3 atom stereocenters. The third kappa shape index (κ3) is 3.06. The van der Waals surface area contributed by atoms with Crippen molar-refractivity contribution in [3.05, 3.63) is 0 Å². The fraction of sp³-hybridized carbons (Fsp3) is 1.00. The minimum atomic E-state index is 0.420. The van der Waals surface area contributed by atoms with E-state index in [2.05, 4.69) is 17.1 Å². The monoisotopic (exact) mass is 252 g/mol. The van der Waals surface area contributed by atoms with Gasteiger partial charge >= 0.3 is 0 Å². The lowest BCUT2D eigenvalue weighted by atomic mass is 9.81. The van der Waals surface area contributed by atoms with Gasteiger partial charge in [0.05, 0.1) is 12.7 Å². The van der Waals surface area contributed by atoms with Gasteiger partial charge in [-0.25, -0.2) is 0 Å². The topological polar surface area (TPSA) is 24.5 Å². The van der Waals surface area contributed by atoms with Crippen LogP contribution in [-0.4, -0.2) is 49.3 Å². The Kier molecular flexibility index (Phi) is 4.22. The molecule has 104 valence electrons. The van der Waals surface area contributed by atoms with Crippen LogP contribution in [0.5, 0.6) is 0 Å². The summed E-state index contributed by atoms with van der Waals surface area (Å²) < 4.78 is 5.98. The molecule has 3 unspecified atom stereocenters. The second-order valence-electron chi connectivity index (χ2n) is 6.59. The van der Waals surface area contributed by atoms with Crippen molar-refractivity contribution in [2.75, 3.05) is 26.2 Å². The van der Waals surface area contributed by atoms with Crippen molar-refractivity contribution < 1.29 is 4.74 Å². The van der Waals surface area contributed by atoms with Gasteiger partial charge in [-0.3, -0.25) is 4.90 Å². The van der Waals surface area contributed by atoms with Crippen LogP contribution in [0.1, 0.15) is 45.4 Å². The van der Waals surface area contributed by atoms with Crippen LogP contribution >= 0.6 is 0 Å². The molecule has 3 rings (SSSR count). The Morgan fingerprint density at radius 1 is 1.28 bits per heavy atom. The molecule has 2 aliphatic heterocycles. The predicted octanol–water partition coefficient (Wildman–Crippen LogP) is 2.02. The van der Waals surface area contributed by atoms with Crippen LogP contribution in [0.15, 0.2) is 0 Å². The van der Waals surface area contributed by atoms with E-state index < -0.39 is 0 Å². The van der Waals surface area contributed by atoms with E-state index in [1.165, 1.54) is 45.1 Å². The summed E-state index contributed by atoms with van der Waals surface area (Å²) in [7, 11) is 0. The van der Waals surface area contributed by atoms with Crippen LogP contribution in [0.4, 0.5) is 0 Å². The Bertz CT molecular complexity index is 267. The fourth-order valence-electron chi connectivity index (χ4n) is 3.65. The second kappa shape index (κ2) is 5.89. The van der Waals surface area contributed by atoms with Gasteiger partial charge in [-0.15, -0.1) is 0 Å². The number of hydrogen-bond acceptors (Lipinski definition) is 3. The van der Waals surface area contributed by atoms with E-state index in [9.17, 15) is 0 Å². The van der Waals surface area contributed by atoms with E-state index in [0.717, 1.165) is 31.7 Å². The van der Waals surface area contributed by atoms with Gasteiger partial charge in [-0.2, -0.15) is 0 Å². The van der Waals surface area contributed by atoms with Crippen molar-refractivity contribution in [1.29, 1.82) is 0 Å². The highest BCUT2D eigenvalue weighted by atomic mass is 16.5. The average molecular weight is 252 g/mol. The first-order chi connectivity index (χ1) is 8.81. The van der Waals surface area contributed by atoms with Gasteiger partial charge in [0.15, 0.2) is 0 Å². The molecule has 0 amide bonds. The smallest absolute Gasteiger partial charge is 0.0827 e. The van der Waals surface area contributed by atoms with E-state index in [0.29, 0.717) is 12.1 Å². The summed E-state index contributed by atoms with van der Waals surface area (Å²) in [5.41, 5.74) is 0. The molecule has 1 aliphatic carbocycles. The molecule has 1 N–H and O–H groups in total. The lowest BCUT2D eigenvalue weighted by molar-refractivity contribution is -0.0479. The molecule has 0 bridgehead atoms. The number of hydrogen-bond donors (Lipinski definition) is 1. The molecule has 0 spiro atoms. The van der Waals surface area contributed by atoms with Crippen LogP contribution in [-0.2, 0) is 4.74 Å². The van der Waals surface area contributed by atoms with Gasteiger partial charge in [0.1, 0.15) is 0 Å². The number of fused-ring (bicyclic) bond motifs is 1. The van der Waals surface area contributed by atoms with Crippen molar-refractivity contribution >= 4 is 0 Å². The van der Waals surface area contributed by atoms with E-state index in [4.69, 9.17) is 4.74 Å². The molecule has 0 radical (unpaired) electrons. The summed E-state index contributed by atoms with van der Waals surface area (Å²) in [6.07, 6.45) is 8.87. The van der Waals surface area contributed by atoms with Gasteiger partial charge < -0.3 is 10.1 Å². The first kappa shape index (κ1) is 12.9. The summed E-state index contributed by atoms with van der Waals surface area (Å²) in [5, 5.41) is 3.68. The first-order valence-corrected chi connectivity index (χ1v) is 7.90. The Balaban J connectivity index is 1.35.